The number of nitrogens with one attached hydrogen (secondary N) is 1. The number of carbonyl (C=O) groups is 1. The zero-order valence-electron chi connectivity index (χ0n) is 13.9. The van der Waals surface area contributed by atoms with Gasteiger partial charge < -0.3 is 14.8 Å². The first-order chi connectivity index (χ1) is 11.6. The van der Waals surface area contributed by atoms with Crippen molar-refractivity contribution in [1.29, 1.82) is 5.26 Å². The van der Waals surface area contributed by atoms with Crippen LogP contribution in [0.1, 0.15) is 11.3 Å². The number of aromatic nitrogens is 1. The number of methoxy groups -OCH3 is 2. The molecule has 0 saturated heterocycles. The minimum atomic E-state index is -0.828. The van der Waals surface area contributed by atoms with Gasteiger partial charge in [-0.15, -0.1) is 0 Å². The Hall–Kier alpha value is -3.07. The van der Waals surface area contributed by atoms with Crippen LogP contribution >= 0.6 is 0 Å². The molecule has 1 heterocycles. The fourth-order valence-electron chi connectivity index (χ4n) is 2.27. The topological polar surface area (TPSA) is 84.2 Å². The molecular weight excluding hydrogens is 306 g/mol. The summed E-state index contributed by atoms with van der Waals surface area (Å²) in [5.74, 6) is 0.388. The fourth-order valence-corrected chi connectivity index (χ4v) is 2.27. The average molecular weight is 325 g/mol. The Morgan fingerprint density at radius 2 is 2.00 bits per heavy atom. The van der Waals surface area contributed by atoms with Crippen molar-refractivity contribution in [2.24, 2.45) is 5.92 Å². The first kappa shape index (κ1) is 17.3. The number of aryl methyl sites for hydroxylation is 1. The fraction of sp³-hybridized carbons (Fsp3) is 0.278. The molecule has 1 aromatic carbocycles. The van der Waals surface area contributed by atoms with E-state index in [2.05, 4.69) is 10.3 Å². The largest absolute Gasteiger partial charge is 0.493 e. The van der Waals surface area contributed by atoms with Crippen LogP contribution in [0.15, 0.2) is 36.4 Å². The summed E-state index contributed by atoms with van der Waals surface area (Å²) in [5.41, 5.74) is 1.60. The lowest BCUT2D eigenvalue weighted by Crippen LogP contribution is -2.24. The maximum absolute atomic E-state index is 12.3. The van der Waals surface area contributed by atoms with E-state index < -0.39 is 5.92 Å². The highest BCUT2D eigenvalue weighted by molar-refractivity contribution is 5.93. The van der Waals surface area contributed by atoms with Gasteiger partial charge >= 0.3 is 0 Å². The van der Waals surface area contributed by atoms with E-state index in [1.165, 1.54) is 0 Å². The SMILES string of the molecule is COc1ccc(CC(C#N)C(=O)Nc2cccc(C)n2)cc1OC. The molecular formula is C18H19N3O3. The molecule has 24 heavy (non-hydrogen) atoms. The van der Waals surface area contributed by atoms with E-state index in [4.69, 9.17) is 9.47 Å². The minimum Gasteiger partial charge on any atom is -0.493 e. The van der Waals surface area contributed by atoms with Crippen LogP contribution in [0.5, 0.6) is 11.5 Å². The number of ether oxygens (including phenoxy) is 2. The van der Waals surface area contributed by atoms with Gasteiger partial charge in [0, 0.05) is 5.69 Å². The number of benzene rings is 1. The molecule has 0 radical (unpaired) electrons. The second-order valence-corrected chi connectivity index (χ2v) is 5.23. The number of hydrogen-bond acceptors (Lipinski definition) is 5. The van der Waals surface area contributed by atoms with Gasteiger partial charge in [-0.05, 0) is 43.2 Å². The molecule has 0 spiro atoms. The molecule has 6 heteroatoms. The number of nitrogens with zero attached hydrogens (tertiary/aromatic N) is 2. The highest BCUT2D eigenvalue weighted by Gasteiger charge is 2.20. The van der Waals surface area contributed by atoms with E-state index in [1.807, 2.05) is 25.1 Å². The molecule has 6 nitrogen and oxygen atoms in total. The Balaban J connectivity index is 2.11. The average Bonchev–Trinajstić information content (AvgIpc) is 2.59. The maximum Gasteiger partial charge on any atom is 0.243 e. The predicted molar refractivity (Wildman–Crippen MR) is 90.0 cm³/mol. The number of pyridine rings is 1. The van der Waals surface area contributed by atoms with Gasteiger partial charge in [0.15, 0.2) is 11.5 Å². The van der Waals surface area contributed by atoms with E-state index in [0.29, 0.717) is 17.3 Å². The Bertz CT molecular complexity index is 768. The van der Waals surface area contributed by atoms with Gasteiger partial charge in [-0.25, -0.2) is 4.98 Å². The lowest BCUT2D eigenvalue weighted by Gasteiger charge is -2.12. The van der Waals surface area contributed by atoms with Crippen LogP contribution in [-0.4, -0.2) is 25.1 Å². The van der Waals surface area contributed by atoms with Crippen molar-refractivity contribution >= 4 is 11.7 Å². The van der Waals surface area contributed by atoms with Crippen LogP contribution in [0.4, 0.5) is 5.82 Å². The summed E-state index contributed by atoms with van der Waals surface area (Å²) in [6.45, 7) is 1.83. The zero-order valence-corrected chi connectivity index (χ0v) is 13.9. The van der Waals surface area contributed by atoms with Crippen molar-refractivity contribution in [2.75, 3.05) is 19.5 Å². The van der Waals surface area contributed by atoms with Gasteiger partial charge in [-0.2, -0.15) is 5.26 Å². The first-order valence-electron chi connectivity index (χ1n) is 7.42. The highest BCUT2D eigenvalue weighted by Crippen LogP contribution is 2.28. The van der Waals surface area contributed by atoms with Crippen molar-refractivity contribution in [3.05, 3.63) is 47.7 Å². The van der Waals surface area contributed by atoms with Crippen LogP contribution in [0.2, 0.25) is 0 Å². The van der Waals surface area contributed by atoms with Crippen molar-refractivity contribution in [1.82, 2.24) is 4.98 Å². The summed E-state index contributed by atoms with van der Waals surface area (Å²) in [6.07, 6.45) is 0.272. The van der Waals surface area contributed by atoms with Crippen LogP contribution in [0.3, 0.4) is 0 Å². The second kappa shape index (κ2) is 7.97. The van der Waals surface area contributed by atoms with Crippen LogP contribution in [0.25, 0.3) is 0 Å². The van der Waals surface area contributed by atoms with E-state index in [9.17, 15) is 10.1 Å². The third-order valence-corrected chi connectivity index (χ3v) is 3.50. The molecule has 0 aliphatic carbocycles. The third kappa shape index (κ3) is 4.23. The zero-order chi connectivity index (χ0) is 17.5. The molecule has 1 amide bonds. The number of nitriles is 1. The number of carbonyl (C=O) groups excluding carboxylic acids is 1. The Kier molecular flexibility index (Phi) is 5.74. The Labute approximate surface area is 141 Å². The molecule has 1 unspecified atom stereocenters. The number of anilines is 1. The van der Waals surface area contributed by atoms with Crippen molar-refractivity contribution in [2.45, 2.75) is 13.3 Å². The first-order valence-corrected chi connectivity index (χ1v) is 7.42. The second-order valence-electron chi connectivity index (χ2n) is 5.23. The maximum atomic E-state index is 12.3. The summed E-state index contributed by atoms with van der Waals surface area (Å²) < 4.78 is 10.4. The van der Waals surface area contributed by atoms with E-state index in [0.717, 1.165) is 11.3 Å². The Morgan fingerprint density at radius 1 is 1.25 bits per heavy atom. The van der Waals surface area contributed by atoms with Gasteiger partial charge in [0.05, 0.1) is 20.3 Å². The molecule has 1 atom stereocenters. The standard InChI is InChI=1S/C18H19N3O3/c1-12-5-4-6-17(20-12)21-18(22)14(11-19)9-13-7-8-15(23-2)16(10-13)24-3/h4-8,10,14H,9H2,1-3H3,(H,20,21,22). The van der Waals surface area contributed by atoms with E-state index in [1.54, 1.807) is 38.5 Å². The van der Waals surface area contributed by atoms with E-state index in [-0.39, 0.29) is 12.3 Å². The summed E-state index contributed by atoms with van der Waals surface area (Å²) in [6, 6.07) is 12.7. The minimum absolute atomic E-state index is 0.272. The molecule has 0 bridgehead atoms. The monoisotopic (exact) mass is 325 g/mol. The van der Waals surface area contributed by atoms with Crippen molar-refractivity contribution in [3.63, 3.8) is 0 Å². The smallest absolute Gasteiger partial charge is 0.243 e. The van der Waals surface area contributed by atoms with E-state index >= 15 is 0 Å². The molecule has 124 valence electrons. The molecule has 0 fully saturated rings. The van der Waals surface area contributed by atoms with Crippen LogP contribution in [0, 0.1) is 24.2 Å². The molecule has 2 aromatic rings. The summed E-state index contributed by atoms with van der Waals surface area (Å²) in [4.78, 5) is 16.5. The lowest BCUT2D eigenvalue weighted by atomic mass is 9.99. The summed E-state index contributed by atoms with van der Waals surface area (Å²) >= 11 is 0. The summed E-state index contributed by atoms with van der Waals surface area (Å²) in [5, 5.41) is 12.0. The van der Waals surface area contributed by atoms with Gasteiger partial charge in [0.1, 0.15) is 11.7 Å². The quantitative estimate of drug-likeness (QED) is 0.883. The van der Waals surface area contributed by atoms with Crippen molar-refractivity contribution in [3.8, 4) is 17.6 Å². The summed E-state index contributed by atoms with van der Waals surface area (Å²) in [7, 11) is 3.09. The van der Waals surface area contributed by atoms with Gasteiger partial charge in [0.2, 0.25) is 5.91 Å². The molecule has 0 saturated carbocycles. The third-order valence-electron chi connectivity index (χ3n) is 3.50. The number of hydrogen-bond donors (Lipinski definition) is 1. The van der Waals surface area contributed by atoms with Crippen LogP contribution < -0.4 is 14.8 Å². The normalized spacial score (nSPS) is 11.2. The van der Waals surface area contributed by atoms with Gasteiger partial charge in [-0.3, -0.25) is 4.79 Å². The number of amides is 1. The van der Waals surface area contributed by atoms with Crippen LogP contribution in [-0.2, 0) is 11.2 Å². The molecule has 1 N–H and O–H groups in total. The van der Waals surface area contributed by atoms with Gasteiger partial charge in [-0.1, -0.05) is 12.1 Å². The lowest BCUT2D eigenvalue weighted by molar-refractivity contribution is -0.118. The predicted octanol–water partition coefficient (Wildman–Crippen LogP) is 2.73. The highest BCUT2D eigenvalue weighted by atomic mass is 16.5. The molecule has 0 aliphatic heterocycles. The van der Waals surface area contributed by atoms with Gasteiger partial charge in [0.25, 0.3) is 0 Å². The molecule has 1 aromatic heterocycles. The molecule has 2 rings (SSSR count). The van der Waals surface area contributed by atoms with Crippen molar-refractivity contribution < 1.29 is 14.3 Å². The number of rotatable bonds is 6. The Morgan fingerprint density at radius 3 is 2.62 bits per heavy atom. The molecule has 0 aliphatic rings.